The maximum Gasteiger partial charge on any atom is 0.329 e. The predicted molar refractivity (Wildman–Crippen MR) is 78.0 cm³/mol. The third-order valence-electron chi connectivity index (χ3n) is 3.50. The van der Waals surface area contributed by atoms with Gasteiger partial charge in [0.2, 0.25) is 5.28 Å². The average molecular weight is 362 g/mol. The van der Waals surface area contributed by atoms with Crippen molar-refractivity contribution in [3.63, 3.8) is 0 Å². The standard InChI is InChI=1S/C12H13ClFN5O5/c13-12-17-9(15)7-10(18-12)19(3-16-7)11-6(14)8(22)4(24-11)1-23-2-5(20)21/h3-4,6,8,11,22H,1-2H2,(H,20,21)(H2,15,17,18)/t4-,6+,8-,11-/m1/s1. The molecule has 4 atom stereocenters. The van der Waals surface area contributed by atoms with E-state index in [1.54, 1.807) is 0 Å². The first-order chi connectivity index (χ1) is 11.4. The molecule has 10 nitrogen and oxygen atoms in total. The van der Waals surface area contributed by atoms with Crippen molar-refractivity contribution < 1.29 is 28.9 Å². The molecule has 130 valence electrons. The van der Waals surface area contributed by atoms with E-state index in [-0.39, 0.29) is 28.9 Å². The van der Waals surface area contributed by atoms with Crippen LogP contribution >= 0.6 is 11.6 Å². The number of carboxylic acids is 1. The fraction of sp³-hybridized carbons (Fsp3) is 0.500. The lowest BCUT2D eigenvalue weighted by Gasteiger charge is -2.15. The highest BCUT2D eigenvalue weighted by atomic mass is 35.5. The number of hydrogen-bond acceptors (Lipinski definition) is 8. The van der Waals surface area contributed by atoms with Gasteiger partial charge in [-0.3, -0.25) is 4.57 Å². The number of aliphatic hydroxyl groups is 1. The van der Waals surface area contributed by atoms with Gasteiger partial charge in [0.1, 0.15) is 24.3 Å². The largest absolute Gasteiger partial charge is 0.480 e. The minimum absolute atomic E-state index is 0.0269. The second-order valence-electron chi connectivity index (χ2n) is 5.11. The van der Waals surface area contributed by atoms with Crippen LogP contribution in [0.25, 0.3) is 11.2 Å². The number of carboxylic acid groups (broad SMARTS) is 1. The molecule has 1 aliphatic heterocycles. The van der Waals surface area contributed by atoms with Gasteiger partial charge in [-0.05, 0) is 11.6 Å². The number of nitrogens with zero attached hydrogens (tertiary/aromatic N) is 4. The highest BCUT2D eigenvalue weighted by Crippen LogP contribution is 2.34. The summed E-state index contributed by atoms with van der Waals surface area (Å²) in [6.07, 6.45) is -4.35. The third-order valence-corrected chi connectivity index (χ3v) is 3.67. The number of aliphatic hydroxyl groups excluding tert-OH is 1. The second-order valence-corrected chi connectivity index (χ2v) is 5.45. The van der Waals surface area contributed by atoms with Gasteiger partial charge >= 0.3 is 5.97 Å². The molecular weight excluding hydrogens is 349 g/mol. The zero-order valence-corrected chi connectivity index (χ0v) is 12.8. The molecule has 4 N–H and O–H groups in total. The van der Waals surface area contributed by atoms with Crippen molar-refractivity contribution in [2.45, 2.75) is 24.6 Å². The second kappa shape index (κ2) is 6.43. The summed E-state index contributed by atoms with van der Waals surface area (Å²) in [5.41, 5.74) is 6.05. The average Bonchev–Trinajstić information content (AvgIpc) is 3.03. The number of nitrogens with two attached hydrogens (primary N) is 1. The predicted octanol–water partition coefficient (Wildman–Crippen LogP) is -0.241. The summed E-state index contributed by atoms with van der Waals surface area (Å²) < 4.78 is 25.9. The van der Waals surface area contributed by atoms with E-state index in [0.717, 1.165) is 0 Å². The number of rotatable bonds is 5. The Hall–Kier alpha value is -2.08. The molecule has 3 heterocycles. The van der Waals surface area contributed by atoms with E-state index >= 15 is 0 Å². The monoisotopic (exact) mass is 361 g/mol. The SMILES string of the molecule is Nc1nc(Cl)nc2c1ncn2[C@@H]1O[C@H](COCC(=O)O)[C@@H](O)[C@@H]1F. The van der Waals surface area contributed by atoms with Crippen molar-refractivity contribution in [3.8, 4) is 0 Å². The van der Waals surface area contributed by atoms with Crippen molar-refractivity contribution in [2.24, 2.45) is 0 Å². The lowest BCUT2D eigenvalue weighted by atomic mass is 10.1. The van der Waals surface area contributed by atoms with Gasteiger partial charge < -0.3 is 25.4 Å². The molecule has 1 fully saturated rings. The maximum atomic E-state index is 14.4. The Kier molecular flexibility index (Phi) is 4.49. The first-order valence-corrected chi connectivity index (χ1v) is 7.19. The van der Waals surface area contributed by atoms with Crippen molar-refractivity contribution in [1.82, 2.24) is 19.5 Å². The quantitative estimate of drug-likeness (QED) is 0.614. The van der Waals surface area contributed by atoms with Crippen molar-refractivity contribution in [1.29, 1.82) is 0 Å². The van der Waals surface area contributed by atoms with Gasteiger partial charge in [0.05, 0.1) is 12.9 Å². The van der Waals surface area contributed by atoms with Crippen LogP contribution in [0.1, 0.15) is 6.23 Å². The number of aromatic nitrogens is 4. The fourth-order valence-electron chi connectivity index (χ4n) is 2.42. The smallest absolute Gasteiger partial charge is 0.329 e. The van der Waals surface area contributed by atoms with Gasteiger partial charge in [-0.15, -0.1) is 0 Å². The summed E-state index contributed by atoms with van der Waals surface area (Å²) in [5.74, 6) is -1.16. The molecule has 0 bridgehead atoms. The van der Waals surface area contributed by atoms with E-state index in [4.69, 9.17) is 31.9 Å². The van der Waals surface area contributed by atoms with E-state index in [1.165, 1.54) is 10.9 Å². The molecular formula is C12H13ClFN5O5. The summed E-state index contributed by atoms with van der Waals surface area (Å²) in [6, 6.07) is 0. The van der Waals surface area contributed by atoms with Gasteiger partial charge in [-0.2, -0.15) is 9.97 Å². The maximum absolute atomic E-state index is 14.4. The fourth-order valence-corrected chi connectivity index (χ4v) is 2.60. The Balaban J connectivity index is 1.83. The molecule has 1 saturated heterocycles. The van der Waals surface area contributed by atoms with Crippen molar-refractivity contribution in [3.05, 3.63) is 11.6 Å². The van der Waals surface area contributed by atoms with Crippen LogP contribution in [0.4, 0.5) is 10.2 Å². The highest BCUT2D eigenvalue weighted by Gasteiger charge is 2.46. The molecule has 2 aromatic rings. The molecule has 24 heavy (non-hydrogen) atoms. The molecule has 3 rings (SSSR count). The number of carbonyl (C=O) groups is 1. The van der Waals surface area contributed by atoms with Crippen LogP contribution in [0.2, 0.25) is 5.28 Å². The summed E-state index contributed by atoms with van der Waals surface area (Å²) in [4.78, 5) is 22.1. The summed E-state index contributed by atoms with van der Waals surface area (Å²) in [7, 11) is 0. The molecule has 0 amide bonds. The van der Waals surface area contributed by atoms with Crippen LogP contribution in [0, 0.1) is 0 Å². The number of alkyl halides is 1. The molecule has 0 aliphatic carbocycles. The third kappa shape index (κ3) is 2.98. The lowest BCUT2D eigenvalue weighted by molar-refractivity contribution is -0.144. The minimum Gasteiger partial charge on any atom is -0.480 e. The minimum atomic E-state index is -1.81. The van der Waals surface area contributed by atoms with Crippen molar-refractivity contribution in [2.75, 3.05) is 18.9 Å². The lowest BCUT2D eigenvalue weighted by Crippen LogP contribution is -2.32. The zero-order chi connectivity index (χ0) is 17.4. The number of hydrogen-bond donors (Lipinski definition) is 3. The molecule has 2 aromatic heterocycles. The zero-order valence-electron chi connectivity index (χ0n) is 12.0. The Morgan fingerprint density at radius 1 is 1.54 bits per heavy atom. The van der Waals surface area contributed by atoms with Crippen LogP contribution in [0.15, 0.2) is 6.33 Å². The molecule has 0 spiro atoms. The number of halogens is 2. The number of ether oxygens (including phenoxy) is 2. The van der Waals surface area contributed by atoms with Crippen LogP contribution in [-0.2, 0) is 14.3 Å². The first kappa shape index (κ1) is 16.8. The first-order valence-electron chi connectivity index (χ1n) is 6.81. The summed E-state index contributed by atoms with van der Waals surface area (Å²) in [5, 5.41) is 18.3. The normalized spacial score (nSPS) is 27.0. The number of anilines is 1. The van der Waals surface area contributed by atoms with E-state index in [0.29, 0.717) is 0 Å². The van der Waals surface area contributed by atoms with E-state index in [9.17, 15) is 14.3 Å². The molecule has 0 saturated carbocycles. The molecule has 0 radical (unpaired) electrons. The Bertz CT molecular complexity index is 774. The van der Waals surface area contributed by atoms with Crippen LogP contribution in [0.3, 0.4) is 0 Å². The topological polar surface area (TPSA) is 146 Å². The number of fused-ring (bicyclic) bond motifs is 1. The Morgan fingerprint density at radius 2 is 2.29 bits per heavy atom. The summed E-state index contributed by atoms with van der Waals surface area (Å²) >= 11 is 5.75. The van der Waals surface area contributed by atoms with Crippen molar-refractivity contribution >= 4 is 34.6 Å². The van der Waals surface area contributed by atoms with E-state index in [1.807, 2.05) is 0 Å². The molecule has 1 aliphatic rings. The van der Waals surface area contributed by atoms with Gasteiger partial charge in [0.25, 0.3) is 0 Å². The summed E-state index contributed by atoms with van der Waals surface area (Å²) in [6.45, 7) is -0.865. The van der Waals surface area contributed by atoms with Gasteiger partial charge in [-0.25, -0.2) is 14.2 Å². The Labute approximate surface area is 139 Å². The molecule has 0 aromatic carbocycles. The van der Waals surface area contributed by atoms with Gasteiger partial charge in [0.15, 0.2) is 23.9 Å². The number of imidazole rings is 1. The van der Waals surface area contributed by atoms with Crippen LogP contribution in [0.5, 0.6) is 0 Å². The molecule has 0 unspecified atom stereocenters. The Morgan fingerprint density at radius 3 is 3.00 bits per heavy atom. The number of aliphatic carboxylic acids is 1. The van der Waals surface area contributed by atoms with Gasteiger partial charge in [-0.1, -0.05) is 0 Å². The van der Waals surface area contributed by atoms with E-state index < -0.39 is 37.2 Å². The van der Waals surface area contributed by atoms with Crippen LogP contribution in [-0.4, -0.2) is 67.3 Å². The highest BCUT2D eigenvalue weighted by molar-refractivity contribution is 6.28. The molecule has 12 heteroatoms. The van der Waals surface area contributed by atoms with E-state index in [2.05, 4.69) is 15.0 Å². The van der Waals surface area contributed by atoms with Gasteiger partial charge in [0, 0.05) is 0 Å². The van der Waals surface area contributed by atoms with Crippen LogP contribution < -0.4 is 5.73 Å². The number of nitrogen functional groups attached to an aromatic ring is 1.